The summed E-state index contributed by atoms with van der Waals surface area (Å²) in [5.74, 6) is -2.33. The number of nitrogens with one attached hydrogen (secondary N) is 1. The molecule has 2 aromatic rings. The average Bonchev–Trinajstić information content (AvgIpc) is 2.66. The fraction of sp³-hybridized carbons (Fsp3) is 0.250. The number of H-pyrrole nitrogens is 1. The van der Waals surface area contributed by atoms with Gasteiger partial charge in [0.1, 0.15) is 6.04 Å². The van der Waals surface area contributed by atoms with Crippen LogP contribution in [0.1, 0.15) is 18.9 Å². The Morgan fingerprint density at radius 3 is 2.58 bits per heavy atom. The van der Waals surface area contributed by atoms with Crippen molar-refractivity contribution in [3.63, 3.8) is 0 Å². The highest BCUT2D eigenvalue weighted by Gasteiger charge is 2.24. The van der Waals surface area contributed by atoms with E-state index in [-0.39, 0.29) is 12.8 Å². The number of aromatic nitrogens is 2. The van der Waals surface area contributed by atoms with Crippen molar-refractivity contribution in [3.05, 3.63) is 34.7 Å². The molecule has 1 aromatic heterocycles. The lowest BCUT2D eigenvalue weighted by molar-refractivity contribution is -0.142. The summed E-state index contributed by atoms with van der Waals surface area (Å²) in [7, 11) is 0. The number of carboxylic acids is 2. The number of nitrogens with zero attached hydrogens (tertiary/aromatic N) is 1. The Morgan fingerprint density at radius 1 is 1.26 bits per heavy atom. The number of hydrogen-bond acceptors (Lipinski definition) is 3. The Bertz CT molecular complexity index is 685. The molecule has 0 saturated heterocycles. The van der Waals surface area contributed by atoms with E-state index in [2.05, 4.69) is 4.98 Å². The number of fused-ring (bicyclic) bond motifs is 1. The first-order valence-corrected chi connectivity index (χ1v) is 5.64. The summed E-state index contributed by atoms with van der Waals surface area (Å²) in [5, 5.41) is 17.8. The predicted molar refractivity (Wildman–Crippen MR) is 66.1 cm³/mol. The molecule has 7 heteroatoms. The molecule has 1 atom stereocenters. The third-order valence-corrected chi connectivity index (χ3v) is 2.85. The predicted octanol–water partition coefficient (Wildman–Crippen LogP) is 0.820. The summed E-state index contributed by atoms with van der Waals surface area (Å²) in [4.78, 5) is 36.2. The fourth-order valence-corrected chi connectivity index (χ4v) is 2.01. The van der Waals surface area contributed by atoms with E-state index >= 15 is 0 Å². The van der Waals surface area contributed by atoms with E-state index in [4.69, 9.17) is 5.11 Å². The van der Waals surface area contributed by atoms with Gasteiger partial charge in [0.25, 0.3) is 0 Å². The fourth-order valence-electron chi connectivity index (χ4n) is 2.01. The van der Waals surface area contributed by atoms with E-state index < -0.39 is 23.7 Å². The molecule has 0 aliphatic heterocycles. The number of carboxylic acid groups (broad SMARTS) is 2. The molecule has 2 rings (SSSR count). The molecule has 0 radical (unpaired) electrons. The molecule has 7 nitrogen and oxygen atoms in total. The van der Waals surface area contributed by atoms with Crippen molar-refractivity contribution < 1.29 is 19.8 Å². The number of aliphatic carboxylic acids is 2. The second-order valence-electron chi connectivity index (χ2n) is 4.10. The van der Waals surface area contributed by atoms with Gasteiger partial charge in [-0.1, -0.05) is 12.1 Å². The molecular weight excluding hydrogens is 252 g/mol. The molecule has 19 heavy (non-hydrogen) atoms. The van der Waals surface area contributed by atoms with Crippen molar-refractivity contribution in [1.82, 2.24) is 9.55 Å². The van der Waals surface area contributed by atoms with Crippen LogP contribution in [0.15, 0.2) is 29.1 Å². The molecule has 1 unspecified atom stereocenters. The Kier molecular flexibility index (Phi) is 3.37. The smallest absolute Gasteiger partial charge is 0.327 e. The minimum atomic E-state index is -1.23. The molecule has 0 bridgehead atoms. The summed E-state index contributed by atoms with van der Waals surface area (Å²) in [6.07, 6.45) is -0.463. The van der Waals surface area contributed by atoms with Gasteiger partial charge >= 0.3 is 17.6 Å². The lowest BCUT2D eigenvalue weighted by atomic mass is 10.1. The van der Waals surface area contributed by atoms with Gasteiger partial charge in [-0.15, -0.1) is 0 Å². The van der Waals surface area contributed by atoms with Crippen LogP contribution in [0.2, 0.25) is 0 Å². The first-order valence-electron chi connectivity index (χ1n) is 5.64. The Hall–Kier alpha value is -2.57. The number of benzene rings is 1. The molecular formula is C12H12N2O5. The van der Waals surface area contributed by atoms with E-state index in [0.717, 1.165) is 4.57 Å². The number of rotatable bonds is 5. The highest BCUT2D eigenvalue weighted by Crippen LogP contribution is 2.19. The van der Waals surface area contributed by atoms with Crippen LogP contribution in [-0.2, 0) is 9.59 Å². The second-order valence-corrected chi connectivity index (χ2v) is 4.10. The van der Waals surface area contributed by atoms with Crippen LogP contribution in [0.4, 0.5) is 0 Å². The molecule has 0 amide bonds. The zero-order valence-corrected chi connectivity index (χ0v) is 9.87. The maximum Gasteiger partial charge on any atom is 0.327 e. The monoisotopic (exact) mass is 264 g/mol. The SMILES string of the molecule is O=C(O)CCC(C(=O)O)n1c(=O)[nH]c2ccccc21. The van der Waals surface area contributed by atoms with E-state index in [0.29, 0.717) is 11.0 Å². The van der Waals surface area contributed by atoms with Gasteiger partial charge < -0.3 is 15.2 Å². The van der Waals surface area contributed by atoms with E-state index in [1.165, 1.54) is 0 Å². The van der Waals surface area contributed by atoms with Gasteiger partial charge in [0.2, 0.25) is 0 Å². The number of carbonyl (C=O) groups is 2. The normalized spacial score (nSPS) is 12.4. The van der Waals surface area contributed by atoms with Crippen molar-refractivity contribution in [1.29, 1.82) is 0 Å². The van der Waals surface area contributed by atoms with Crippen molar-refractivity contribution in [3.8, 4) is 0 Å². The van der Waals surface area contributed by atoms with Crippen molar-refractivity contribution in [2.75, 3.05) is 0 Å². The quantitative estimate of drug-likeness (QED) is 0.740. The second kappa shape index (κ2) is 4.97. The van der Waals surface area contributed by atoms with E-state index in [9.17, 15) is 19.5 Å². The van der Waals surface area contributed by atoms with Gasteiger partial charge in [0.05, 0.1) is 11.0 Å². The summed E-state index contributed by atoms with van der Waals surface area (Å²) in [5.41, 5.74) is 0.415. The van der Waals surface area contributed by atoms with Crippen molar-refractivity contribution >= 4 is 23.0 Å². The number of imidazole rings is 1. The molecule has 1 aromatic carbocycles. The molecule has 0 saturated carbocycles. The maximum absolute atomic E-state index is 11.8. The minimum absolute atomic E-state index is 0.146. The third kappa shape index (κ3) is 2.49. The van der Waals surface area contributed by atoms with Gasteiger partial charge in [-0.25, -0.2) is 9.59 Å². The van der Waals surface area contributed by atoms with Crippen LogP contribution < -0.4 is 5.69 Å². The Morgan fingerprint density at radius 2 is 1.95 bits per heavy atom. The lowest BCUT2D eigenvalue weighted by Crippen LogP contribution is -2.28. The molecule has 1 heterocycles. The van der Waals surface area contributed by atoms with Crippen LogP contribution in [0, 0.1) is 0 Å². The zero-order valence-electron chi connectivity index (χ0n) is 9.87. The first-order chi connectivity index (χ1) is 9.00. The van der Waals surface area contributed by atoms with Crippen LogP contribution >= 0.6 is 0 Å². The van der Waals surface area contributed by atoms with Crippen LogP contribution in [0.3, 0.4) is 0 Å². The molecule has 0 aliphatic carbocycles. The summed E-state index contributed by atoms with van der Waals surface area (Å²) in [6.45, 7) is 0. The van der Waals surface area contributed by atoms with Crippen LogP contribution in [0.25, 0.3) is 11.0 Å². The zero-order chi connectivity index (χ0) is 14.0. The van der Waals surface area contributed by atoms with Crippen LogP contribution in [-0.4, -0.2) is 31.7 Å². The third-order valence-electron chi connectivity index (χ3n) is 2.85. The van der Waals surface area contributed by atoms with Gasteiger partial charge in [0.15, 0.2) is 0 Å². The molecule has 100 valence electrons. The number of hydrogen-bond donors (Lipinski definition) is 3. The molecule has 0 fully saturated rings. The van der Waals surface area contributed by atoms with Crippen LogP contribution in [0.5, 0.6) is 0 Å². The highest BCUT2D eigenvalue weighted by molar-refractivity contribution is 5.80. The summed E-state index contributed by atoms with van der Waals surface area (Å²) >= 11 is 0. The molecule has 3 N–H and O–H groups in total. The molecule has 0 spiro atoms. The Balaban J connectivity index is 2.50. The standard InChI is InChI=1S/C12H12N2O5/c15-10(16)6-5-9(11(17)18)14-8-4-2-1-3-7(8)13-12(14)19/h1-4,9H,5-6H2,(H,13,19)(H,15,16)(H,17,18). The van der Waals surface area contributed by atoms with Gasteiger partial charge in [0, 0.05) is 6.42 Å². The molecule has 0 aliphatic rings. The van der Waals surface area contributed by atoms with Gasteiger partial charge in [-0.2, -0.15) is 0 Å². The first kappa shape index (κ1) is 12.9. The average molecular weight is 264 g/mol. The lowest BCUT2D eigenvalue weighted by Gasteiger charge is -2.12. The van der Waals surface area contributed by atoms with Gasteiger partial charge in [-0.05, 0) is 18.6 Å². The summed E-state index contributed by atoms with van der Waals surface area (Å²) < 4.78 is 1.08. The highest BCUT2D eigenvalue weighted by atomic mass is 16.4. The van der Waals surface area contributed by atoms with Crippen molar-refractivity contribution in [2.45, 2.75) is 18.9 Å². The summed E-state index contributed by atoms with van der Waals surface area (Å²) in [6, 6.07) is 5.48. The van der Waals surface area contributed by atoms with E-state index in [1.807, 2.05) is 0 Å². The van der Waals surface area contributed by atoms with E-state index in [1.54, 1.807) is 24.3 Å². The maximum atomic E-state index is 11.8. The van der Waals surface area contributed by atoms with Gasteiger partial charge in [-0.3, -0.25) is 9.36 Å². The number of aromatic amines is 1. The largest absolute Gasteiger partial charge is 0.481 e. The van der Waals surface area contributed by atoms with Crippen molar-refractivity contribution in [2.24, 2.45) is 0 Å². The minimum Gasteiger partial charge on any atom is -0.481 e. The number of para-hydroxylation sites is 2. The Labute approximate surface area is 107 Å². The topological polar surface area (TPSA) is 112 Å².